The maximum Gasteiger partial charge on any atom is 0.263 e. The number of hydrogen-bond acceptors (Lipinski definition) is 9. The smallest absolute Gasteiger partial charge is 0.263 e. The zero-order chi connectivity index (χ0) is 24.1. The zero-order valence-electron chi connectivity index (χ0n) is 17.6. The molecule has 11 heteroatoms. The molecule has 4 rings (SSSR count). The Labute approximate surface area is 199 Å². The Kier molecular flexibility index (Phi) is 6.41. The van der Waals surface area contributed by atoms with Gasteiger partial charge < -0.3 is 9.47 Å². The summed E-state index contributed by atoms with van der Waals surface area (Å²) in [6, 6.07) is 19.8. The molecule has 1 N–H and O–H groups in total. The van der Waals surface area contributed by atoms with Gasteiger partial charge in [0.15, 0.2) is 11.5 Å². The summed E-state index contributed by atoms with van der Waals surface area (Å²) >= 11 is 0.894. The van der Waals surface area contributed by atoms with Gasteiger partial charge in [-0.05, 0) is 67.1 Å². The Hall–Kier alpha value is -4.45. The molecule has 0 aliphatic carbocycles. The molecule has 3 aromatic carbocycles. The largest absolute Gasteiger partial charge is 0.453 e. The summed E-state index contributed by atoms with van der Waals surface area (Å²) in [4.78, 5) is 3.68. The maximum atomic E-state index is 12.6. The van der Waals surface area contributed by atoms with Gasteiger partial charge in [0.25, 0.3) is 10.0 Å². The first-order valence-corrected chi connectivity index (χ1v) is 11.9. The van der Waals surface area contributed by atoms with Crippen molar-refractivity contribution < 1.29 is 17.9 Å². The first-order valence-electron chi connectivity index (χ1n) is 9.68. The highest BCUT2D eigenvalue weighted by molar-refractivity contribution is 7.93. The van der Waals surface area contributed by atoms with Crippen LogP contribution >= 0.6 is 11.5 Å². The number of hydrogen-bond donors (Lipinski definition) is 1. The van der Waals surface area contributed by atoms with Crippen LogP contribution in [0.25, 0.3) is 0 Å². The van der Waals surface area contributed by atoms with E-state index in [-0.39, 0.29) is 21.3 Å². The summed E-state index contributed by atoms with van der Waals surface area (Å²) in [7, 11) is -3.96. The molecule has 0 spiro atoms. The highest BCUT2D eigenvalue weighted by Crippen LogP contribution is 2.37. The molecule has 0 saturated carbocycles. The fourth-order valence-corrected chi connectivity index (χ4v) is 4.55. The van der Waals surface area contributed by atoms with Crippen LogP contribution in [0.2, 0.25) is 0 Å². The van der Waals surface area contributed by atoms with Crippen LogP contribution < -0.4 is 14.2 Å². The summed E-state index contributed by atoms with van der Waals surface area (Å²) in [5, 5.41) is 18.7. The Morgan fingerprint density at radius 3 is 2.35 bits per heavy atom. The summed E-state index contributed by atoms with van der Waals surface area (Å²) in [5.41, 5.74) is 1.41. The van der Waals surface area contributed by atoms with Crippen molar-refractivity contribution in [2.45, 2.75) is 11.8 Å². The van der Waals surface area contributed by atoms with Gasteiger partial charge >= 0.3 is 0 Å². The quantitative estimate of drug-likeness (QED) is 0.384. The van der Waals surface area contributed by atoms with Crippen molar-refractivity contribution in [1.29, 1.82) is 10.5 Å². The van der Waals surface area contributed by atoms with Crippen LogP contribution in [0.4, 0.5) is 5.13 Å². The van der Waals surface area contributed by atoms with Gasteiger partial charge in [-0.25, -0.2) is 13.4 Å². The molecule has 0 aliphatic heterocycles. The molecule has 0 amide bonds. The van der Waals surface area contributed by atoms with Crippen LogP contribution in [-0.4, -0.2) is 17.8 Å². The zero-order valence-corrected chi connectivity index (χ0v) is 19.2. The van der Waals surface area contributed by atoms with E-state index in [1.54, 1.807) is 36.4 Å². The molecule has 0 unspecified atom stereocenters. The van der Waals surface area contributed by atoms with Gasteiger partial charge in [-0.3, -0.25) is 4.72 Å². The van der Waals surface area contributed by atoms with E-state index in [4.69, 9.17) is 14.7 Å². The van der Waals surface area contributed by atoms with E-state index in [2.05, 4.69) is 14.1 Å². The fourth-order valence-electron chi connectivity index (χ4n) is 2.87. The molecular weight excluding hydrogens is 474 g/mol. The highest BCUT2D eigenvalue weighted by Gasteiger charge is 2.19. The van der Waals surface area contributed by atoms with Crippen LogP contribution in [0.3, 0.4) is 0 Å². The second-order valence-electron chi connectivity index (χ2n) is 6.91. The Morgan fingerprint density at radius 2 is 1.68 bits per heavy atom. The summed E-state index contributed by atoms with van der Waals surface area (Å²) in [5.74, 6) is 1.38. The molecule has 0 aliphatic rings. The second-order valence-corrected chi connectivity index (χ2v) is 9.37. The number of anilines is 1. The van der Waals surface area contributed by atoms with E-state index >= 15 is 0 Å². The maximum absolute atomic E-state index is 12.6. The average Bonchev–Trinajstić information content (AvgIpc) is 3.33. The summed E-state index contributed by atoms with van der Waals surface area (Å²) < 4.78 is 43.2. The number of ether oxygens (including phenoxy) is 2. The lowest BCUT2D eigenvalue weighted by Gasteiger charge is -2.14. The van der Waals surface area contributed by atoms with Gasteiger partial charge in [-0.2, -0.15) is 14.9 Å². The molecule has 34 heavy (non-hydrogen) atoms. The number of sulfonamides is 1. The van der Waals surface area contributed by atoms with Gasteiger partial charge in [-0.1, -0.05) is 6.07 Å². The lowest BCUT2D eigenvalue weighted by atomic mass is 10.2. The van der Waals surface area contributed by atoms with Gasteiger partial charge in [0.05, 0.1) is 22.1 Å². The highest BCUT2D eigenvalue weighted by atomic mass is 32.2. The molecule has 168 valence electrons. The van der Waals surface area contributed by atoms with Crippen LogP contribution in [0, 0.1) is 29.6 Å². The van der Waals surface area contributed by atoms with E-state index in [0.717, 1.165) is 17.1 Å². The van der Waals surface area contributed by atoms with Crippen molar-refractivity contribution in [3.63, 3.8) is 0 Å². The molecule has 0 radical (unpaired) electrons. The number of nitrogens with zero attached hydrogens (tertiary/aromatic N) is 4. The van der Waals surface area contributed by atoms with Crippen molar-refractivity contribution in [3.8, 4) is 35.1 Å². The first-order chi connectivity index (χ1) is 16.4. The normalized spacial score (nSPS) is 10.7. The third-order valence-electron chi connectivity index (χ3n) is 4.50. The topological polar surface area (TPSA) is 138 Å². The lowest BCUT2D eigenvalue weighted by molar-refractivity contribution is 0.417. The second kappa shape index (κ2) is 9.58. The van der Waals surface area contributed by atoms with E-state index in [0.29, 0.717) is 22.8 Å². The molecule has 4 aromatic rings. The van der Waals surface area contributed by atoms with Gasteiger partial charge in [-0.15, -0.1) is 0 Å². The van der Waals surface area contributed by atoms with Crippen molar-refractivity contribution in [3.05, 3.63) is 83.7 Å². The third-order valence-corrected chi connectivity index (χ3v) is 6.54. The standard InChI is InChI=1S/C23H15N5O4S2/c1-15-2-8-21(31-18-5-3-16(12-24)4-6-18)22(10-15)32-20-9-7-19(11-17(20)13-25)34(29,30)28-23-26-14-27-33-23/h2-11,14H,1H3,(H,26,27,28). The number of aryl methyl sites for hydroxylation is 1. The van der Waals surface area contributed by atoms with Crippen LogP contribution in [0.1, 0.15) is 16.7 Å². The molecule has 1 heterocycles. The molecule has 0 fully saturated rings. The number of rotatable bonds is 7. The van der Waals surface area contributed by atoms with Crippen molar-refractivity contribution >= 4 is 26.7 Å². The minimum Gasteiger partial charge on any atom is -0.453 e. The number of nitriles is 2. The predicted octanol–water partition coefficient (Wildman–Crippen LogP) is 4.98. The average molecular weight is 490 g/mol. The Morgan fingerprint density at radius 1 is 0.912 bits per heavy atom. The van der Waals surface area contributed by atoms with Gasteiger partial charge in [0, 0.05) is 11.5 Å². The minimum absolute atomic E-state index is 0.0194. The van der Waals surface area contributed by atoms with E-state index in [9.17, 15) is 13.7 Å². The van der Waals surface area contributed by atoms with Crippen molar-refractivity contribution in [1.82, 2.24) is 9.36 Å². The minimum atomic E-state index is -3.96. The fraction of sp³-hybridized carbons (Fsp3) is 0.0435. The van der Waals surface area contributed by atoms with E-state index in [1.165, 1.54) is 24.5 Å². The SMILES string of the molecule is Cc1ccc(Oc2ccc(C#N)cc2)c(Oc2ccc(S(=O)(=O)Nc3ncns3)cc2C#N)c1. The summed E-state index contributed by atoms with van der Waals surface area (Å²) in [6.45, 7) is 1.87. The monoisotopic (exact) mass is 489 g/mol. The van der Waals surface area contributed by atoms with Crippen LogP contribution in [0.5, 0.6) is 23.0 Å². The summed E-state index contributed by atoms with van der Waals surface area (Å²) in [6.07, 6.45) is 1.24. The molecule has 0 saturated heterocycles. The first kappa shape index (κ1) is 22.7. The third kappa shape index (κ3) is 5.13. The predicted molar refractivity (Wildman–Crippen MR) is 124 cm³/mol. The van der Waals surface area contributed by atoms with Gasteiger partial charge in [0.1, 0.15) is 23.9 Å². The molecular formula is C23H15N5O4S2. The molecule has 9 nitrogen and oxygen atoms in total. The lowest BCUT2D eigenvalue weighted by Crippen LogP contribution is -2.13. The number of nitrogens with one attached hydrogen (secondary N) is 1. The van der Waals surface area contributed by atoms with E-state index < -0.39 is 10.0 Å². The molecule has 0 atom stereocenters. The molecule has 0 bridgehead atoms. The molecule has 1 aromatic heterocycles. The van der Waals surface area contributed by atoms with Crippen LogP contribution in [0.15, 0.2) is 71.9 Å². The Balaban J connectivity index is 1.63. The Bertz CT molecular complexity index is 1520. The van der Waals surface area contributed by atoms with Crippen LogP contribution in [-0.2, 0) is 10.0 Å². The number of benzene rings is 3. The van der Waals surface area contributed by atoms with E-state index in [1.807, 2.05) is 25.1 Å². The van der Waals surface area contributed by atoms with Crippen molar-refractivity contribution in [2.24, 2.45) is 0 Å². The van der Waals surface area contributed by atoms with Gasteiger partial charge in [0.2, 0.25) is 5.13 Å². The number of aromatic nitrogens is 2. The van der Waals surface area contributed by atoms with Crippen molar-refractivity contribution in [2.75, 3.05) is 4.72 Å².